The SMILES string of the molecule is CC(C)(C)[S+]([O-])N[C@H](c1nc2ccc([C@H](N)C3CC3)cc2n1COCC[Si](C)(C)C)[C@H]1CCCC(F)(F)C1. The normalized spacial score (nSPS) is 22.9. The minimum atomic E-state index is -2.74. The van der Waals surface area contributed by atoms with Gasteiger partial charge < -0.3 is 19.6 Å². The van der Waals surface area contributed by atoms with E-state index in [0.717, 1.165) is 35.5 Å². The van der Waals surface area contributed by atoms with Crippen LogP contribution < -0.4 is 10.5 Å². The van der Waals surface area contributed by atoms with Gasteiger partial charge in [0.25, 0.3) is 0 Å². The first-order valence-corrected chi connectivity index (χ1v) is 18.9. The highest BCUT2D eigenvalue weighted by Gasteiger charge is 2.44. The van der Waals surface area contributed by atoms with Crippen LogP contribution in [0.5, 0.6) is 0 Å². The van der Waals surface area contributed by atoms with E-state index in [4.69, 9.17) is 15.5 Å². The summed E-state index contributed by atoms with van der Waals surface area (Å²) in [6.45, 7) is 13.5. The van der Waals surface area contributed by atoms with Crippen molar-refractivity contribution in [1.82, 2.24) is 14.3 Å². The number of fused-ring (bicyclic) bond motifs is 1. The fourth-order valence-corrected chi connectivity index (χ4v) is 6.79. The van der Waals surface area contributed by atoms with Crippen LogP contribution in [0.25, 0.3) is 11.0 Å². The molecule has 2 aliphatic rings. The maximum absolute atomic E-state index is 14.6. The molecule has 3 N–H and O–H groups in total. The summed E-state index contributed by atoms with van der Waals surface area (Å²) in [5.41, 5.74) is 9.26. The number of hydrogen-bond acceptors (Lipinski definition) is 5. The third kappa shape index (κ3) is 7.57. The summed E-state index contributed by atoms with van der Waals surface area (Å²) in [4.78, 5) is 4.97. The highest BCUT2D eigenvalue weighted by atomic mass is 32.2. The number of alkyl halides is 2. The molecule has 2 saturated carbocycles. The molecule has 1 aromatic heterocycles. The Labute approximate surface area is 230 Å². The molecule has 2 aromatic rings. The van der Waals surface area contributed by atoms with Crippen molar-refractivity contribution in [2.45, 2.75) is 114 Å². The van der Waals surface area contributed by atoms with Crippen molar-refractivity contribution < 1.29 is 18.1 Å². The van der Waals surface area contributed by atoms with Crippen LogP contribution in [0.3, 0.4) is 0 Å². The van der Waals surface area contributed by atoms with Gasteiger partial charge in [-0.2, -0.15) is 0 Å². The molecule has 2 fully saturated rings. The van der Waals surface area contributed by atoms with Gasteiger partial charge in [-0.15, -0.1) is 4.72 Å². The maximum atomic E-state index is 14.6. The zero-order valence-corrected chi connectivity index (χ0v) is 25.7. The van der Waals surface area contributed by atoms with Crippen LogP contribution in [0.4, 0.5) is 8.78 Å². The Morgan fingerprint density at radius 2 is 1.95 bits per heavy atom. The van der Waals surface area contributed by atoms with Crippen molar-refractivity contribution in [3.8, 4) is 0 Å². The Hall–Kier alpha value is -1.04. The van der Waals surface area contributed by atoms with Crippen LogP contribution in [0, 0.1) is 11.8 Å². The monoisotopic (exact) mass is 568 g/mol. The number of nitrogens with two attached hydrogens (primary N) is 1. The van der Waals surface area contributed by atoms with Gasteiger partial charge in [0.2, 0.25) is 5.92 Å². The van der Waals surface area contributed by atoms with Crippen LogP contribution >= 0.6 is 0 Å². The molecule has 1 heterocycles. The van der Waals surface area contributed by atoms with Crippen LogP contribution in [0.2, 0.25) is 25.7 Å². The van der Waals surface area contributed by atoms with Crippen molar-refractivity contribution in [3.63, 3.8) is 0 Å². The molecule has 1 aromatic carbocycles. The summed E-state index contributed by atoms with van der Waals surface area (Å²) in [5.74, 6) is -2.01. The van der Waals surface area contributed by atoms with Gasteiger partial charge in [0.05, 0.1) is 11.0 Å². The van der Waals surface area contributed by atoms with Crippen molar-refractivity contribution in [2.75, 3.05) is 6.61 Å². The zero-order chi connectivity index (χ0) is 27.9. The van der Waals surface area contributed by atoms with Gasteiger partial charge in [-0.1, -0.05) is 25.7 Å². The van der Waals surface area contributed by atoms with E-state index < -0.39 is 42.1 Å². The number of nitrogens with zero attached hydrogens (tertiary/aromatic N) is 2. The lowest BCUT2D eigenvalue weighted by atomic mass is 9.81. The van der Waals surface area contributed by atoms with E-state index in [2.05, 4.69) is 30.4 Å². The van der Waals surface area contributed by atoms with Crippen LogP contribution in [-0.4, -0.2) is 39.5 Å². The first kappa shape index (κ1) is 29.9. The van der Waals surface area contributed by atoms with E-state index in [-0.39, 0.29) is 25.6 Å². The summed E-state index contributed by atoms with van der Waals surface area (Å²) in [6.07, 6.45) is 3.01. The number of aromatic nitrogens is 2. The Balaban J connectivity index is 1.75. The van der Waals surface area contributed by atoms with E-state index in [1.54, 1.807) is 0 Å². The molecule has 0 aliphatic heterocycles. The van der Waals surface area contributed by atoms with Crippen LogP contribution in [0.1, 0.15) is 82.8 Å². The van der Waals surface area contributed by atoms with Gasteiger partial charge in [0.1, 0.15) is 23.3 Å². The molecule has 10 heteroatoms. The lowest BCUT2D eigenvalue weighted by Gasteiger charge is -2.36. The highest BCUT2D eigenvalue weighted by molar-refractivity contribution is 7.90. The molecule has 1 unspecified atom stereocenters. The number of halogens is 2. The van der Waals surface area contributed by atoms with Crippen molar-refractivity contribution in [2.24, 2.45) is 17.6 Å². The number of rotatable bonds is 11. The van der Waals surface area contributed by atoms with Crippen molar-refractivity contribution >= 4 is 30.5 Å². The summed E-state index contributed by atoms with van der Waals surface area (Å²) in [6, 6.07) is 6.50. The Morgan fingerprint density at radius 3 is 2.55 bits per heavy atom. The van der Waals surface area contributed by atoms with E-state index in [0.29, 0.717) is 31.2 Å². The third-order valence-corrected chi connectivity index (χ3v) is 11.0. The van der Waals surface area contributed by atoms with Crippen LogP contribution in [0.15, 0.2) is 18.2 Å². The highest BCUT2D eigenvalue weighted by Crippen LogP contribution is 2.44. The minimum absolute atomic E-state index is 0.0293. The van der Waals surface area contributed by atoms with Crippen molar-refractivity contribution in [3.05, 3.63) is 29.6 Å². The van der Waals surface area contributed by atoms with Gasteiger partial charge in [0, 0.05) is 44.9 Å². The predicted octanol–water partition coefficient (Wildman–Crippen LogP) is 6.68. The Morgan fingerprint density at radius 1 is 1.24 bits per heavy atom. The standard InChI is InChI=1S/C28H46F2N4O2SSi/c1-27(2,3)37(35)33-25(21-8-7-13-28(29,30)17-21)26-32-22-12-11-20(24(31)19-9-10-19)16-23(22)34(26)18-36-14-15-38(4,5)6/h11-12,16,19,21,24-25,33H,7-10,13-15,17-18,31H2,1-6H3/t21-,24+,25-,37?/m0/s1. The number of benzene rings is 1. The number of ether oxygens (including phenoxy) is 1. The molecule has 4 atom stereocenters. The molecule has 0 radical (unpaired) electrons. The number of imidazole rings is 1. The van der Waals surface area contributed by atoms with Gasteiger partial charge >= 0.3 is 0 Å². The minimum Gasteiger partial charge on any atom is -0.598 e. The molecule has 0 bridgehead atoms. The molecule has 214 valence electrons. The average molecular weight is 569 g/mol. The second-order valence-corrected chi connectivity index (χ2v) is 21.2. The molecule has 0 spiro atoms. The Bertz CT molecular complexity index is 1100. The molecule has 4 rings (SSSR count). The van der Waals surface area contributed by atoms with E-state index >= 15 is 0 Å². The molecular formula is C28H46F2N4O2SSi. The van der Waals surface area contributed by atoms with E-state index in [1.165, 1.54) is 0 Å². The molecule has 2 aliphatic carbocycles. The Kier molecular flexibility index (Phi) is 9.01. The van der Waals surface area contributed by atoms with Crippen LogP contribution in [-0.2, 0) is 22.8 Å². The molecular weight excluding hydrogens is 522 g/mol. The fraction of sp³-hybridized carbons (Fsp3) is 0.750. The van der Waals surface area contributed by atoms with E-state index in [1.807, 2.05) is 37.5 Å². The zero-order valence-electron chi connectivity index (χ0n) is 23.9. The predicted molar refractivity (Wildman–Crippen MR) is 154 cm³/mol. The average Bonchev–Trinajstić information content (AvgIpc) is 3.59. The fourth-order valence-electron chi connectivity index (χ4n) is 5.15. The quantitative estimate of drug-likeness (QED) is 0.179. The summed E-state index contributed by atoms with van der Waals surface area (Å²) in [5, 5.41) is 0. The van der Waals surface area contributed by atoms with Gasteiger partial charge in [-0.05, 0) is 82.0 Å². The second-order valence-electron chi connectivity index (χ2n) is 13.5. The second kappa shape index (κ2) is 11.4. The van der Waals surface area contributed by atoms with E-state index in [9.17, 15) is 13.3 Å². The number of hydrogen-bond donors (Lipinski definition) is 2. The smallest absolute Gasteiger partial charge is 0.248 e. The topological polar surface area (TPSA) is 88.2 Å². The molecule has 6 nitrogen and oxygen atoms in total. The maximum Gasteiger partial charge on any atom is 0.248 e. The summed E-state index contributed by atoms with van der Waals surface area (Å²) in [7, 11) is -1.29. The van der Waals surface area contributed by atoms with Gasteiger partial charge in [-0.3, -0.25) is 0 Å². The largest absolute Gasteiger partial charge is 0.598 e. The molecule has 0 saturated heterocycles. The summed E-state index contributed by atoms with van der Waals surface area (Å²) < 4.78 is 53.4. The lowest BCUT2D eigenvalue weighted by Crippen LogP contribution is -2.45. The van der Waals surface area contributed by atoms with Gasteiger partial charge in [-0.25, -0.2) is 13.8 Å². The third-order valence-electron chi connectivity index (χ3n) is 7.75. The molecule has 0 amide bonds. The number of nitrogens with one attached hydrogen (secondary N) is 1. The molecule has 38 heavy (non-hydrogen) atoms. The summed E-state index contributed by atoms with van der Waals surface area (Å²) >= 11 is -1.46. The van der Waals surface area contributed by atoms with Gasteiger partial charge in [0.15, 0.2) is 0 Å². The first-order valence-electron chi connectivity index (χ1n) is 14.0. The van der Waals surface area contributed by atoms with Crippen molar-refractivity contribution in [1.29, 1.82) is 0 Å². The first-order chi connectivity index (χ1) is 17.6. The lowest BCUT2D eigenvalue weighted by molar-refractivity contribution is -0.0580.